The Morgan fingerprint density at radius 2 is 0.500 bits per heavy atom. The predicted molar refractivity (Wildman–Crippen MR) is 23.0 cm³/mol. The van der Waals surface area contributed by atoms with Crippen molar-refractivity contribution in [3.8, 4) is 0 Å². The largest absolute Gasteiger partial charge is 0 e. The molecule has 0 nitrogen and oxygen atoms in total. The maximum absolute atomic E-state index is 0. The summed E-state index contributed by atoms with van der Waals surface area (Å²) in [6.45, 7) is 0. The molecule has 0 aliphatic rings. The molecule has 4 heavy (non-hydrogen) atoms. The summed E-state index contributed by atoms with van der Waals surface area (Å²) in [7, 11) is 0. The summed E-state index contributed by atoms with van der Waals surface area (Å²) in [4.78, 5) is 0. The van der Waals surface area contributed by atoms with E-state index in [1.807, 2.05) is 0 Å². The van der Waals surface area contributed by atoms with E-state index in [-0.39, 0.29) is 189 Å². The Kier molecular flexibility index (Phi) is 90.2. The first-order valence-corrected chi connectivity index (χ1v) is 0. The van der Waals surface area contributed by atoms with Gasteiger partial charge in [0.15, 0.2) is 0 Å². The molecule has 4 heteroatoms. The fourth-order valence-corrected chi connectivity index (χ4v) is 0. The molecule has 0 aromatic heterocycles. The summed E-state index contributed by atoms with van der Waals surface area (Å²) in [5.74, 6) is 0. The van der Waals surface area contributed by atoms with Crippen molar-refractivity contribution >= 4 is 189 Å². The molecule has 0 N–H and O–H groups in total. The van der Waals surface area contributed by atoms with Crippen molar-refractivity contribution in [2.75, 3.05) is 0 Å². The zero-order valence-electron chi connectivity index (χ0n) is 2.83. The van der Waals surface area contributed by atoms with Crippen molar-refractivity contribution in [2.24, 2.45) is 0 Å². The Labute approximate surface area is 181 Å². The van der Waals surface area contributed by atoms with Crippen molar-refractivity contribution in [3.63, 3.8) is 0 Å². The first kappa shape index (κ1) is 22.5. The van der Waals surface area contributed by atoms with Crippen molar-refractivity contribution < 1.29 is 0 Å². The Hall–Kier alpha value is 6.10. The van der Waals surface area contributed by atoms with Crippen LogP contribution < -0.4 is 0 Å². The van der Waals surface area contributed by atoms with Crippen molar-refractivity contribution in [1.29, 1.82) is 0 Å². The van der Waals surface area contributed by atoms with Gasteiger partial charge in [-0.3, -0.25) is 0 Å². The second-order valence-electron chi connectivity index (χ2n) is 0. The first-order chi connectivity index (χ1) is 0. The van der Waals surface area contributed by atoms with Gasteiger partial charge in [0.05, 0.1) is 0 Å². The van der Waals surface area contributed by atoms with Gasteiger partial charge >= 0.3 is 0 Å². The molecule has 0 spiro atoms. The van der Waals surface area contributed by atoms with Crippen LogP contribution in [0, 0.1) is 0 Å². The second-order valence-corrected chi connectivity index (χ2v) is 0. The molecule has 8 valence electrons. The third kappa shape index (κ3) is 11.0. The molecule has 0 heterocycles. The Bertz CT molecular complexity index is 4.00. The second kappa shape index (κ2) is 16.0. The molecule has 0 aromatic carbocycles. The van der Waals surface area contributed by atoms with Gasteiger partial charge in [-0.2, -0.15) is 0 Å². The van der Waals surface area contributed by atoms with Gasteiger partial charge < -0.3 is 0 Å². The molecule has 0 saturated heterocycles. The van der Waals surface area contributed by atoms with Crippen molar-refractivity contribution in [3.05, 3.63) is 0 Å². The van der Waals surface area contributed by atoms with Crippen LogP contribution in [-0.4, -0.2) is 189 Å². The molecule has 0 rings (SSSR count). The normalized spacial score (nSPS) is 0. The van der Waals surface area contributed by atoms with Crippen LogP contribution in [0.25, 0.3) is 0 Å². The minimum Gasteiger partial charge on any atom is 0 e. The first-order valence-electron chi connectivity index (χ1n) is 0. The standard InChI is InChI=1S/2Ba.2Sr. The van der Waals surface area contributed by atoms with Crippen LogP contribution in [-0.2, 0) is 0 Å². The van der Waals surface area contributed by atoms with Gasteiger partial charge in [-0.1, -0.05) is 0 Å². The average molecular weight is 450 g/mol. The smallest absolute Gasteiger partial charge is 0 e. The van der Waals surface area contributed by atoms with E-state index in [0.29, 0.717) is 0 Å². The van der Waals surface area contributed by atoms with E-state index in [2.05, 4.69) is 0 Å². The van der Waals surface area contributed by atoms with Gasteiger partial charge in [-0.15, -0.1) is 0 Å². The maximum Gasteiger partial charge on any atom is 0 e. The molecular formula is Ba2Sr2. The van der Waals surface area contributed by atoms with E-state index in [1.165, 1.54) is 0 Å². The number of hydrogen-bond acceptors (Lipinski definition) is 0. The van der Waals surface area contributed by atoms with E-state index in [4.69, 9.17) is 0 Å². The topological polar surface area (TPSA) is 0 Å². The van der Waals surface area contributed by atoms with E-state index in [0.717, 1.165) is 0 Å². The molecule has 0 aliphatic carbocycles. The third-order valence-electron chi connectivity index (χ3n) is 0. The summed E-state index contributed by atoms with van der Waals surface area (Å²) >= 11 is 0. The number of rotatable bonds is 0. The van der Waals surface area contributed by atoms with Gasteiger partial charge in [0, 0.05) is 189 Å². The monoisotopic (exact) mass is 452 g/mol. The van der Waals surface area contributed by atoms with Crippen LogP contribution in [0.15, 0.2) is 0 Å². The van der Waals surface area contributed by atoms with Gasteiger partial charge in [0.2, 0.25) is 0 Å². The summed E-state index contributed by atoms with van der Waals surface area (Å²) < 4.78 is 0. The van der Waals surface area contributed by atoms with Gasteiger partial charge in [-0.25, -0.2) is 0 Å². The quantitative estimate of drug-likeness (QED) is 0.394. The molecule has 0 aliphatic heterocycles. The van der Waals surface area contributed by atoms with Crippen LogP contribution in [0.2, 0.25) is 0 Å². The summed E-state index contributed by atoms with van der Waals surface area (Å²) in [5.41, 5.74) is 0. The Morgan fingerprint density at radius 1 is 0.500 bits per heavy atom. The van der Waals surface area contributed by atoms with Gasteiger partial charge in [0.25, 0.3) is 0 Å². The molecule has 0 fully saturated rings. The van der Waals surface area contributed by atoms with Crippen LogP contribution in [0.3, 0.4) is 0 Å². The molecular weight excluding hydrogens is 450 g/mol. The molecule has 0 bridgehead atoms. The molecule has 0 atom stereocenters. The fraction of sp³-hybridized carbons (Fsp3) is 0. The minimum atomic E-state index is 0. The third-order valence-corrected chi connectivity index (χ3v) is 0. The SMILES string of the molecule is [Ba].[Ba].[Sr].[Sr]. The van der Waals surface area contributed by atoms with E-state index >= 15 is 0 Å². The zero-order valence-corrected chi connectivity index (χ0v) is 18.7. The van der Waals surface area contributed by atoms with Crippen molar-refractivity contribution in [1.82, 2.24) is 0 Å². The fourth-order valence-electron chi connectivity index (χ4n) is 0. The van der Waals surface area contributed by atoms with Gasteiger partial charge in [-0.05, 0) is 0 Å². The van der Waals surface area contributed by atoms with Gasteiger partial charge in [0.1, 0.15) is 0 Å². The average Bonchev–Trinajstić information content (AvgIpc) is 0. The van der Waals surface area contributed by atoms with Crippen LogP contribution in [0.1, 0.15) is 0 Å². The Balaban J connectivity index is 0. The molecule has 0 saturated carbocycles. The van der Waals surface area contributed by atoms with Crippen LogP contribution >= 0.6 is 0 Å². The van der Waals surface area contributed by atoms with E-state index in [1.54, 1.807) is 0 Å². The molecule has 0 unspecified atom stereocenters. The molecule has 0 amide bonds. The zero-order chi connectivity index (χ0) is 0. The molecule has 8 radical (unpaired) electrons. The Morgan fingerprint density at radius 3 is 0.500 bits per heavy atom. The molecule has 0 aromatic rings. The minimum absolute atomic E-state index is 0. The number of hydrogen-bond donors (Lipinski definition) is 0. The summed E-state index contributed by atoms with van der Waals surface area (Å²) in [6, 6.07) is 0. The van der Waals surface area contributed by atoms with E-state index in [9.17, 15) is 0 Å². The van der Waals surface area contributed by atoms with Crippen LogP contribution in [0.5, 0.6) is 0 Å². The van der Waals surface area contributed by atoms with Crippen LogP contribution in [0.4, 0.5) is 0 Å². The van der Waals surface area contributed by atoms with E-state index < -0.39 is 0 Å². The summed E-state index contributed by atoms with van der Waals surface area (Å²) in [6.07, 6.45) is 0. The predicted octanol–water partition coefficient (Wildman–Crippen LogP) is -1.52. The van der Waals surface area contributed by atoms with Crippen molar-refractivity contribution in [2.45, 2.75) is 0 Å². The summed E-state index contributed by atoms with van der Waals surface area (Å²) in [5, 5.41) is 0. The maximum atomic E-state index is 0.